The maximum atomic E-state index is 14.2. The Balaban J connectivity index is 1.24. The van der Waals surface area contributed by atoms with Crippen LogP contribution in [-0.2, 0) is 32.2 Å². The fourth-order valence-electron chi connectivity index (χ4n) is 7.78. The number of nitrogens with zero attached hydrogens (tertiary/aromatic N) is 3. The molecule has 0 aliphatic carbocycles. The number of alkyl carbamates (subject to hydrolysis) is 2. The predicted octanol–water partition coefficient (Wildman–Crippen LogP) is 8.59. The van der Waals surface area contributed by atoms with Gasteiger partial charge in [0, 0.05) is 35.4 Å². The van der Waals surface area contributed by atoms with E-state index in [0.29, 0.717) is 37.6 Å². The maximum Gasteiger partial charge on any atom is 0.407 e. The van der Waals surface area contributed by atoms with Gasteiger partial charge in [0.15, 0.2) is 0 Å². The molecule has 1 aromatic heterocycles. The number of hydrogen-bond donors (Lipinski definition) is 4. The molecule has 14 heteroatoms. The van der Waals surface area contributed by atoms with E-state index < -0.39 is 18.2 Å². The summed E-state index contributed by atoms with van der Waals surface area (Å²) in [5.41, 5.74) is 9.29. The molecule has 4 N–H and O–H groups in total. The normalized spacial score (nSPS) is 13.0. The molecular weight excluding hydrogens is 799 g/mol. The summed E-state index contributed by atoms with van der Waals surface area (Å²) < 4.78 is 16.0. The van der Waals surface area contributed by atoms with Crippen molar-refractivity contribution in [2.45, 2.75) is 73.6 Å². The molecule has 0 bridgehead atoms. The van der Waals surface area contributed by atoms with Gasteiger partial charge in [-0.25, -0.2) is 14.6 Å². The molecule has 1 aliphatic heterocycles. The third kappa shape index (κ3) is 10.8. The zero-order valence-corrected chi connectivity index (χ0v) is 37.5. The van der Waals surface area contributed by atoms with Crippen LogP contribution in [0.1, 0.15) is 82.9 Å². The molecule has 0 radical (unpaired) electrons. The number of aromatic amines is 1. The van der Waals surface area contributed by atoms with Crippen molar-refractivity contribution in [1.82, 2.24) is 35.7 Å². The van der Waals surface area contributed by atoms with Crippen molar-refractivity contribution in [3.8, 4) is 16.9 Å². The molecule has 0 fully saturated rings. The third-order valence-electron chi connectivity index (χ3n) is 11.2. The van der Waals surface area contributed by atoms with E-state index in [1.807, 2.05) is 76.2 Å². The summed E-state index contributed by atoms with van der Waals surface area (Å²) in [7, 11) is 2.55. The van der Waals surface area contributed by atoms with Gasteiger partial charge in [0.2, 0.25) is 11.8 Å². The van der Waals surface area contributed by atoms with Crippen LogP contribution < -0.4 is 20.7 Å². The highest BCUT2D eigenvalue weighted by atomic mass is 16.5. The molecule has 0 saturated heterocycles. The number of methoxy groups -OCH3 is 2. The number of benzene rings is 4. The number of carbonyl (C=O) groups excluding carboxylic acids is 4. The van der Waals surface area contributed by atoms with E-state index in [4.69, 9.17) is 14.5 Å². The molecule has 0 unspecified atom stereocenters. The number of fused-ring (bicyclic) bond motifs is 6. The number of H-pyrrole nitrogens is 1. The molecule has 63 heavy (non-hydrogen) atoms. The van der Waals surface area contributed by atoms with Crippen LogP contribution in [0.15, 0.2) is 90.1 Å². The van der Waals surface area contributed by atoms with Crippen molar-refractivity contribution in [2.24, 2.45) is 5.92 Å². The fraction of sp³-hybridized carbons (Fsp3) is 0.367. The summed E-state index contributed by atoms with van der Waals surface area (Å²) in [6.07, 6.45) is 2.20. The number of amides is 4. The van der Waals surface area contributed by atoms with Gasteiger partial charge in [-0.05, 0) is 84.5 Å². The minimum atomic E-state index is -0.912. The second-order valence-corrected chi connectivity index (χ2v) is 16.1. The van der Waals surface area contributed by atoms with E-state index in [9.17, 15) is 19.2 Å². The van der Waals surface area contributed by atoms with Gasteiger partial charge < -0.3 is 44.9 Å². The summed E-state index contributed by atoms with van der Waals surface area (Å²) in [5, 5.41) is 10.9. The Bertz CT molecular complexity index is 2530. The van der Waals surface area contributed by atoms with Crippen LogP contribution in [0.3, 0.4) is 0 Å². The van der Waals surface area contributed by atoms with Gasteiger partial charge in [0.1, 0.15) is 30.8 Å². The van der Waals surface area contributed by atoms with Gasteiger partial charge >= 0.3 is 12.2 Å². The second-order valence-electron chi connectivity index (χ2n) is 16.1. The Kier molecular flexibility index (Phi) is 15.1. The van der Waals surface area contributed by atoms with Gasteiger partial charge in [-0.3, -0.25) is 9.59 Å². The third-order valence-corrected chi connectivity index (χ3v) is 11.2. The van der Waals surface area contributed by atoms with E-state index in [1.165, 1.54) is 14.2 Å². The average molecular weight is 858 g/mol. The van der Waals surface area contributed by atoms with Crippen molar-refractivity contribution in [1.29, 1.82) is 0 Å². The number of hydrogen-bond acceptors (Lipinski definition) is 9. The minimum Gasteiger partial charge on any atom is -0.488 e. The highest BCUT2D eigenvalue weighted by Gasteiger charge is 2.29. The van der Waals surface area contributed by atoms with E-state index in [0.717, 1.165) is 79.6 Å². The minimum absolute atomic E-state index is 0.174. The Hall–Kier alpha value is -6.83. The van der Waals surface area contributed by atoms with Crippen LogP contribution in [-0.4, -0.2) is 84.2 Å². The lowest BCUT2D eigenvalue weighted by atomic mass is 9.92. The lowest BCUT2D eigenvalue weighted by molar-refractivity contribution is -0.133. The summed E-state index contributed by atoms with van der Waals surface area (Å²) in [6, 6.07) is 22.9. The van der Waals surface area contributed by atoms with Gasteiger partial charge in [0.25, 0.3) is 0 Å². The molecule has 6 rings (SSSR count). The van der Waals surface area contributed by atoms with Crippen LogP contribution in [0.25, 0.3) is 38.6 Å². The average Bonchev–Trinajstić information content (AvgIpc) is 3.72. The van der Waals surface area contributed by atoms with Crippen molar-refractivity contribution in [3.63, 3.8) is 0 Å². The molecule has 332 valence electrons. The Labute approximate surface area is 369 Å². The molecule has 4 aromatic carbocycles. The van der Waals surface area contributed by atoms with E-state index in [2.05, 4.69) is 69.9 Å². The molecule has 4 amide bonds. The summed E-state index contributed by atoms with van der Waals surface area (Å²) in [5.74, 6) is 1.14. The van der Waals surface area contributed by atoms with Gasteiger partial charge in [-0.15, -0.1) is 0 Å². The molecular formula is C49H59N7O7. The predicted molar refractivity (Wildman–Crippen MR) is 245 cm³/mol. The first-order chi connectivity index (χ1) is 30.4. The second kappa shape index (κ2) is 20.8. The molecule has 0 spiro atoms. The monoisotopic (exact) mass is 857 g/mol. The number of nitrogens with one attached hydrogen (secondary N) is 4. The molecule has 2 heterocycles. The topological polar surface area (TPSA) is 167 Å². The molecule has 1 aliphatic rings. The highest BCUT2D eigenvalue weighted by Crippen LogP contribution is 2.42. The summed E-state index contributed by atoms with van der Waals surface area (Å²) in [4.78, 5) is 63.2. The van der Waals surface area contributed by atoms with E-state index in [1.54, 1.807) is 9.80 Å². The zero-order chi connectivity index (χ0) is 45.2. The fourth-order valence-corrected chi connectivity index (χ4v) is 7.78. The van der Waals surface area contributed by atoms with E-state index >= 15 is 0 Å². The SMILES string of the molecule is C/C=C(\N/C(CN(CCC)C(=O)[C@H](NC(=O)OC)c1ccccc1)=C(\C)CC)c1ccc2c(c1)COc1cc3c(ccc4[nH]c(CN(CC(C)C)C(=O)CNC(=O)OC)nc43)cc1-2. The zero-order valence-electron chi connectivity index (χ0n) is 37.5. The Morgan fingerprint density at radius 1 is 0.937 bits per heavy atom. The lowest BCUT2D eigenvalue weighted by Crippen LogP contribution is -2.45. The first kappa shape index (κ1) is 45.7. The summed E-state index contributed by atoms with van der Waals surface area (Å²) >= 11 is 0. The summed E-state index contributed by atoms with van der Waals surface area (Å²) in [6.45, 7) is 14.0. The van der Waals surface area contributed by atoms with Crippen molar-refractivity contribution < 1.29 is 33.4 Å². The maximum absolute atomic E-state index is 14.2. The number of imidazole rings is 1. The smallest absolute Gasteiger partial charge is 0.407 e. The van der Waals surface area contributed by atoms with Crippen molar-refractivity contribution in [2.75, 3.05) is 40.4 Å². The van der Waals surface area contributed by atoms with Crippen LogP contribution in [0.2, 0.25) is 0 Å². The number of carbonyl (C=O) groups is 4. The largest absolute Gasteiger partial charge is 0.488 e. The van der Waals surface area contributed by atoms with Gasteiger partial charge in [-0.1, -0.05) is 87.9 Å². The van der Waals surface area contributed by atoms with Gasteiger partial charge in [-0.2, -0.15) is 0 Å². The Morgan fingerprint density at radius 3 is 2.38 bits per heavy atom. The number of allylic oxidation sites excluding steroid dienone is 2. The number of rotatable bonds is 17. The molecule has 14 nitrogen and oxygen atoms in total. The van der Waals surface area contributed by atoms with Crippen molar-refractivity contribution in [3.05, 3.63) is 113 Å². The lowest BCUT2D eigenvalue weighted by Gasteiger charge is -2.30. The Morgan fingerprint density at radius 2 is 1.70 bits per heavy atom. The first-order valence-corrected chi connectivity index (χ1v) is 21.5. The van der Waals surface area contributed by atoms with E-state index in [-0.39, 0.29) is 30.8 Å². The van der Waals surface area contributed by atoms with Crippen LogP contribution in [0.4, 0.5) is 9.59 Å². The quantitative estimate of drug-likeness (QED) is 0.0716. The molecule has 5 aromatic rings. The number of ether oxygens (including phenoxy) is 3. The van der Waals surface area contributed by atoms with Crippen LogP contribution in [0, 0.1) is 5.92 Å². The molecule has 0 saturated carbocycles. The first-order valence-electron chi connectivity index (χ1n) is 21.5. The standard InChI is InChI=1S/C49H59N7O7/c1-9-21-55(47(58)45(54-49(60)62-8)32-15-13-12-14-16-32)27-41(31(6)10-2)51-39(11-3)34-17-19-36-35(22-34)29-63-42-24-37-33(23-38(36)42)18-20-40-46(37)53-43(52-40)28-56(26-30(4)5)44(57)25-50-48(59)61-7/h11-20,22-24,30,45,51H,9-10,21,25-29H2,1-8H3,(H,50,59)(H,52,53)(H,54,60)/b39-11-,41-31+/t45-/m1/s1. The van der Waals surface area contributed by atoms with Crippen molar-refractivity contribution >= 4 is 51.5 Å². The van der Waals surface area contributed by atoms with Crippen LogP contribution in [0.5, 0.6) is 5.75 Å². The highest BCUT2D eigenvalue weighted by molar-refractivity contribution is 6.07. The van der Waals surface area contributed by atoms with Gasteiger partial charge in [0.05, 0.1) is 38.3 Å². The number of aromatic nitrogens is 2. The van der Waals surface area contributed by atoms with Crippen LogP contribution >= 0.6 is 0 Å². The molecule has 1 atom stereocenters.